The predicted molar refractivity (Wildman–Crippen MR) is 53.4 cm³/mol. The maximum Gasteiger partial charge on any atom is 0.0499 e. The van der Waals surface area contributed by atoms with Crippen molar-refractivity contribution in [2.24, 2.45) is 5.92 Å². The first-order valence-electron chi connectivity index (χ1n) is 5.00. The van der Waals surface area contributed by atoms with Crippen LogP contribution < -0.4 is 5.32 Å². The van der Waals surface area contributed by atoms with Gasteiger partial charge in [0.2, 0.25) is 0 Å². The van der Waals surface area contributed by atoms with Crippen molar-refractivity contribution >= 4 is 0 Å². The van der Waals surface area contributed by atoms with Crippen LogP contribution in [0.5, 0.6) is 0 Å². The summed E-state index contributed by atoms with van der Waals surface area (Å²) in [5, 5.41) is 3.42. The number of hydrogen-bond donors (Lipinski definition) is 1. The van der Waals surface area contributed by atoms with Gasteiger partial charge in [0.1, 0.15) is 0 Å². The lowest BCUT2D eigenvalue weighted by Crippen LogP contribution is -2.24. The van der Waals surface area contributed by atoms with Crippen molar-refractivity contribution in [3.05, 3.63) is 0 Å². The largest absolute Gasteiger partial charge is 0.384 e. The highest BCUT2D eigenvalue weighted by Crippen LogP contribution is 1.94. The number of rotatable bonds is 8. The SMILES string of the molecule is CCCCCNCC(C)COC. The second-order valence-corrected chi connectivity index (χ2v) is 3.47. The third kappa shape index (κ3) is 8.02. The van der Waals surface area contributed by atoms with Gasteiger partial charge in [-0.1, -0.05) is 26.7 Å². The van der Waals surface area contributed by atoms with Crippen LogP contribution in [0, 0.1) is 5.92 Å². The van der Waals surface area contributed by atoms with Gasteiger partial charge in [0.05, 0.1) is 0 Å². The Bertz CT molecular complexity index is 85.9. The van der Waals surface area contributed by atoms with Gasteiger partial charge in [0.15, 0.2) is 0 Å². The highest BCUT2D eigenvalue weighted by atomic mass is 16.5. The quantitative estimate of drug-likeness (QED) is 0.567. The zero-order chi connectivity index (χ0) is 9.23. The summed E-state index contributed by atoms with van der Waals surface area (Å²) in [7, 11) is 1.76. The smallest absolute Gasteiger partial charge is 0.0499 e. The highest BCUT2D eigenvalue weighted by molar-refractivity contribution is 4.55. The Kier molecular flexibility index (Phi) is 8.95. The lowest BCUT2D eigenvalue weighted by Gasteiger charge is -2.10. The molecule has 0 spiro atoms. The molecule has 0 aliphatic rings. The molecule has 0 aromatic rings. The van der Waals surface area contributed by atoms with Gasteiger partial charge in [0.25, 0.3) is 0 Å². The molecule has 0 saturated heterocycles. The first kappa shape index (κ1) is 11.9. The van der Waals surface area contributed by atoms with Gasteiger partial charge < -0.3 is 10.1 Å². The van der Waals surface area contributed by atoms with E-state index in [2.05, 4.69) is 19.2 Å². The van der Waals surface area contributed by atoms with E-state index in [9.17, 15) is 0 Å². The topological polar surface area (TPSA) is 21.3 Å². The number of unbranched alkanes of at least 4 members (excludes halogenated alkanes) is 2. The fourth-order valence-electron chi connectivity index (χ4n) is 1.19. The molecule has 0 aliphatic carbocycles. The third-order valence-electron chi connectivity index (χ3n) is 1.90. The predicted octanol–water partition coefficient (Wildman–Crippen LogP) is 2.05. The summed E-state index contributed by atoms with van der Waals surface area (Å²) < 4.78 is 5.04. The number of nitrogens with one attached hydrogen (secondary N) is 1. The summed E-state index contributed by atoms with van der Waals surface area (Å²) in [5.41, 5.74) is 0. The molecule has 0 aliphatic heterocycles. The first-order chi connectivity index (χ1) is 5.81. The average molecular weight is 173 g/mol. The van der Waals surface area contributed by atoms with E-state index in [4.69, 9.17) is 4.74 Å². The normalized spacial score (nSPS) is 13.2. The van der Waals surface area contributed by atoms with Crippen molar-refractivity contribution < 1.29 is 4.74 Å². The zero-order valence-corrected chi connectivity index (χ0v) is 8.73. The molecule has 0 saturated carbocycles. The van der Waals surface area contributed by atoms with Crippen LogP contribution in [0.2, 0.25) is 0 Å². The zero-order valence-electron chi connectivity index (χ0n) is 8.73. The van der Waals surface area contributed by atoms with Crippen LogP contribution in [0.1, 0.15) is 33.1 Å². The van der Waals surface area contributed by atoms with Crippen molar-refractivity contribution in [3.63, 3.8) is 0 Å². The van der Waals surface area contributed by atoms with E-state index >= 15 is 0 Å². The lowest BCUT2D eigenvalue weighted by molar-refractivity contribution is 0.158. The van der Waals surface area contributed by atoms with Crippen molar-refractivity contribution in [2.45, 2.75) is 33.1 Å². The van der Waals surface area contributed by atoms with Gasteiger partial charge in [-0.3, -0.25) is 0 Å². The molecule has 74 valence electrons. The summed E-state index contributed by atoms with van der Waals surface area (Å²) in [6.45, 7) is 7.53. The fourth-order valence-corrected chi connectivity index (χ4v) is 1.19. The maximum atomic E-state index is 5.04. The molecule has 2 heteroatoms. The van der Waals surface area contributed by atoms with Crippen LogP contribution in [-0.2, 0) is 4.74 Å². The van der Waals surface area contributed by atoms with Gasteiger partial charge in [-0.25, -0.2) is 0 Å². The minimum absolute atomic E-state index is 0.636. The second-order valence-electron chi connectivity index (χ2n) is 3.47. The second kappa shape index (κ2) is 9.01. The van der Waals surface area contributed by atoms with E-state index in [1.54, 1.807) is 7.11 Å². The molecule has 0 radical (unpaired) electrons. The van der Waals surface area contributed by atoms with Crippen LogP contribution >= 0.6 is 0 Å². The number of ether oxygens (including phenoxy) is 1. The molecular weight excluding hydrogens is 150 g/mol. The maximum absolute atomic E-state index is 5.04. The molecule has 1 atom stereocenters. The Hall–Kier alpha value is -0.0800. The first-order valence-corrected chi connectivity index (χ1v) is 5.00. The molecular formula is C10H23NO. The highest BCUT2D eigenvalue weighted by Gasteiger charge is 1.98. The van der Waals surface area contributed by atoms with Crippen molar-refractivity contribution in [1.82, 2.24) is 5.32 Å². The molecule has 12 heavy (non-hydrogen) atoms. The molecule has 1 unspecified atom stereocenters. The molecule has 0 bridgehead atoms. The summed E-state index contributed by atoms with van der Waals surface area (Å²) in [6.07, 6.45) is 3.94. The Labute approximate surface area is 76.7 Å². The minimum atomic E-state index is 0.636. The Balaban J connectivity index is 2.97. The Morgan fingerprint density at radius 1 is 1.33 bits per heavy atom. The minimum Gasteiger partial charge on any atom is -0.384 e. The van der Waals surface area contributed by atoms with Crippen LogP contribution in [-0.4, -0.2) is 26.8 Å². The third-order valence-corrected chi connectivity index (χ3v) is 1.90. The Morgan fingerprint density at radius 2 is 2.08 bits per heavy atom. The Morgan fingerprint density at radius 3 is 2.67 bits per heavy atom. The van der Waals surface area contributed by atoms with Crippen LogP contribution in [0.4, 0.5) is 0 Å². The van der Waals surface area contributed by atoms with E-state index in [1.165, 1.54) is 19.3 Å². The molecule has 1 N–H and O–H groups in total. The summed E-state index contributed by atoms with van der Waals surface area (Å²) in [6, 6.07) is 0. The van der Waals surface area contributed by atoms with E-state index in [0.29, 0.717) is 5.92 Å². The summed E-state index contributed by atoms with van der Waals surface area (Å²) >= 11 is 0. The molecule has 0 fully saturated rings. The molecule has 0 rings (SSSR count). The summed E-state index contributed by atoms with van der Waals surface area (Å²) in [5.74, 6) is 0.636. The number of hydrogen-bond acceptors (Lipinski definition) is 2. The van der Waals surface area contributed by atoms with E-state index in [1.807, 2.05) is 0 Å². The molecule has 0 aromatic carbocycles. The van der Waals surface area contributed by atoms with Crippen molar-refractivity contribution in [1.29, 1.82) is 0 Å². The van der Waals surface area contributed by atoms with Gasteiger partial charge in [0, 0.05) is 13.7 Å². The fraction of sp³-hybridized carbons (Fsp3) is 1.00. The standard InChI is InChI=1S/C10H23NO/c1-4-5-6-7-11-8-10(2)9-12-3/h10-11H,4-9H2,1-3H3. The monoisotopic (exact) mass is 173 g/mol. The van der Waals surface area contributed by atoms with Gasteiger partial charge in [-0.15, -0.1) is 0 Å². The van der Waals surface area contributed by atoms with Gasteiger partial charge in [-0.05, 0) is 25.4 Å². The van der Waals surface area contributed by atoms with Crippen LogP contribution in [0.3, 0.4) is 0 Å². The van der Waals surface area contributed by atoms with Crippen LogP contribution in [0.25, 0.3) is 0 Å². The summed E-state index contributed by atoms with van der Waals surface area (Å²) in [4.78, 5) is 0. The molecule has 0 aromatic heterocycles. The van der Waals surface area contributed by atoms with E-state index in [-0.39, 0.29) is 0 Å². The van der Waals surface area contributed by atoms with Gasteiger partial charge >= 0.3 is 0 Å². The number of methoxy groups -OCH3 is 1. The molecule has 0 heterocycles. The molecule has 0 amide bonds. The van der Waals surface area contributed by atoms with Crippen LogP contribution in [0.15, 0.2) is 0 Å². The van der Waals surface area contributed by atoms with Crippen molar-refractivity contribution in [2.75, 3.05) is 26.8 Å². The van der Waals surface area contributed by atoms with E-state index < -0.39 is 0 Å². The van der Waals surface area contributed by atoms with Gasteiger partial charge in [-0.2, -0.15) is 0 Å². The van der Waals surface area contributed by atoms with E-state index in [0.717, 1.165) is 19.7 Å². The van der Waals surface area contributed by atoms with Crippen molar-refractivity contribution in [3.8, 4) is 0 Å². The lowest BCUT2D eigenvalue weighted by atomic mass is 10.2. The average Bonchev–Trinajstić information content (AvgIpc) is 2.05. The molecule has 2 nitrogen and oxygen atoms in total.